The van der Waals surface area contributed by atoms with Gasteiger partial charge in [0.2, 0.25) is 5.91 Å². The van der Waals surface area contributed by atoms with E-state index >= 15 is 0 Å². The fraction of sp³-hybridized carbons (Fsp3) is 0.182. The molecular formula is C22H20N4O6S. The van der Waals surface area contributed by atoms with Crippen molar-refractivity contribution >= 4 is 34.4 Å². The number of benzene rings is 1. The van der Waals surface area contributed by atoms with Crippen molar-refractivity contribution in [1.82, 2.24) is 14.2 Å². The third kappa shape index (κ3) is 4.30. The maximum absolute atomic E-state index is 13.0. The van der Waals surface area contributed by atoms with Gasteiger partial charge >= 0.3 is 5.97 Å². The van der Waals surface area contributed by atoms with Gasteiger partial charge in [-0.3, -0.25) is 9.59 Å². The van der Waals surface area contributed by atoms with Gasteiger partial charge in [0.15, 0.2) is 11.5 Å². The average Bonchev–Trinajstić information content (AvgIpc) is 3.47. The summed E-state index contributed by atoms with van der Waals surface area (Å²) in [5.74, 6) is 0.130. The van der Waals surface area contributed by atoms with Crippen LogP contribution in [0, 0.1) is 0 Å². The molecule has 4 aromatic rings. The van der Waals surface area contributed by atoms with E-state index < -0.39 is 11.9 Å². The fourth-order valence-corrected chi connectivity index (χ4v) is 4.06. The Bertz CT molecular complexity index is 1400. The minimum Gasteiger partial charge on any atom is -0.493 e. The van der Waals surface area contributed by atoms with Crippen LogP contribution in [0.25, 0.3) is 16.8 Å². The number of methoxy groups -OCH3 is 3. The van der Waals surface area contributed by atoms with E-state index in [-0.39, 0.29) is 17.0 Å². The predicted molar refractivity (Wildman–Crippen MR) is 122 cm³/mol. The molecule has 0 aliphatic heterocycles. The number of nitrogens with one attached hydrogen (secondary N) is 1. The number of esters is 1. The number of rotatable bonds is 7. The van der Waals surface area contributed by atoms with Crippen LogP contribution < -0.4 is 20.3 Å². The molecule has 0 fully saturated rings. The SMILES string of the molecule is COC(=O)c1sccc1NC(=O)Cn1ccn2nc(-c3ccc(OC)c(OC)c3)cc2c1=O. The number of anilines is 1. The van der Waals surface area contributed by atoms with E-state index in [9.17, 15) is 14.4 Å². The largest absolute Gasteiger partial charge is 0.493 e. The molecule has 0 atom stereocenters. The number of nitrogens with zero attached hydrogens (tertiary/aromatic N) is 3. The van der Waals surface area contributed by atoms with Crippen molar-refractivity contribution in [2.45, 2.75) is 6.54 Å². The average molecular weight is 468 g/mol. The van der Waals surface area contributed by atoms with E-state index in [1.54, 1.807) is 50.1 Å². The third-order valence-corrected chi connectivity index (χ3v) is 5.80. The molecule has 1 aromatic carbocycles. The summed E-state index contributed by atoms with van der Waals surface area (Å²) in [6, 6.07) is 8.59. The molecule has 1 N–H and O–H groups in total. The Balaban J connectivity index is 1.59. The van der Waals surface area contributed by atoms with Gasteiger partial charge in [0.25, 0.3) is 5.56 Å². The third-order valence-electron chi connectivity index (χ3n) is 4.91. The molecule has 170 valence electrons. The van der Waals surface area contributed by atoms with Gasteiger partial charge in [-0.1, -0.05) is 0 Å². The van der Waals surface area contributed by atoms with E-state index in [2.05, 4.69) is 10.4 Å². The first-order valence-electron chi connectivity index (χ1n) is 9.72. The number of thiophene rings is 1. The lowest BCUT2D eigenvalue weighted by molar-refractivity contribution is -0.116. The Kier molecular flexibility index (Phi) is 6.13. The summed E-state index contributed by atoms with van der Waals surface area (Å²) < 4.78 is 18.0. The number of hydrogen-bond acceptors (Lipinski definition) is 8. The first-order chi connectivity index (χ1) is 15.9. The quantitative estimate of drug-likeness (QED) is 0.415. The van der Waals surface area contributed by atoms with E-state index in [0.717, 1.165) is 16.9 Å². The normalized spacial score (nSPS) is 10.8. The lowest BCUT2D eigenvalue weighted by Gasteiger charge is -2.08. The standard InChI is InChI=1S/C22H20N4O6S/c1-30-17-5-4-13(10-18(17)31-2)15-11-16-21(28)25(7-8-26(16)24-15)12-19(27)23-14-6-9-33-20(14)22(29)32-3/h4-11H,12H2,1-3H3,(H,23,27). The summed E-state index contributed by atoms with van der Waals surface area (Å²) in [7, 11) is 4.36. The van der Waals surface area contributed by atoms with Gasteiger partial charge in [-0.15, -0.1) is 11.3 Å². The summed E-state index contributed by atoms with van der Waals surface area (Å²) >= 11 is 1.15. The van der Waals surface area contributed by atoms with Crippen LogP contribution in [-0.2, 0) is 16.1 Å². The topological polar surface area (TPSA) is 113 Å². The number of hydrogen-bond donors (Lipinski definition) is 1. The molecule has 4 rings (SSSR count). The van der Waals surface area contributed by atoms with Gasteiger partial charge < -0.3 is 24.1 Å². The highest BCUT2D eigenvalue weighted by Gasteiger charge is 2.17. The molecule has 0 saturated carbocycles. The van der Waals surface area contributed by atoms with Gasteiger partial charge in [-0.25, -0.2) is 9.31 Å². The summed E-state index contributed by atoms with van der Waals surface area (Å²) in [6.07, 6.45) is 3.08. The zero-order valence-corrected chi connectivity index (χ0v) is 18.8. The van der Waals surface area contributed by atoms with E-state index in [4.69, 9.17) is 14.2 Å². The molecule has 3 heterocycles. The smallest absolute Gasteiger partial charge is 0.350 e. The van der Waals surface area contributed by atoms with Crippen molar-refractivity contribution in [3.63, 3.8) is 0 Å². The van der Waals surface area contributed by atoms with Crippen LogP contribution in [-0.4, -0.2) is 47.4 Å². The maximum Gasteiger partial charge on any atom is 0.350 e. The molecule has 1 amide bonds. The van der Waals surface area contributed by atoms with Crippen molar-refractivity contribution in [3.8, 4) is 22.8 Å². The number of aromatic nitrogens is 3. The first-order valence-corrected chi connectivity index (χ1v) is 10.6. The minimum absolute atomic E-state index is 0.233. The summed E-state index contributed by atoms with van der Waals surface area (Å²) in [6.45, 7) is -0.233. The van der Waals surface area contributed by atoms with Crippen molar-refractivity contribution in [3.05, 3.63) is 63.3 Å². The van der Waals surface area contributed by atoms with Crippen LogP contribution in [0.15, 0.2) is 52.9 Å². The summed E-state index contributed by atoms with van der Waals surface area (Å²) in [4.78, 5) is 37.6. The molecule has 0 saturated heterocycles. The molecule has 0 bridgehead atoms. The van der Waals surface area contributed by atoms with Crippen molar-refractivity contribution < 1.29 is 23.8 Å². The zero-order valence-electron chi connectivity index (χ0n) is 18.0. The summed E-state index contributed by atoms with van der Waals surface area (Å²) in [5.41, 5.74) is 1.57. The van der Waals surface area contributed by atoms with Crippen molar-refractivity contribution in [1.29, 1.82) is 0 Å². The molecule has 10 nitrogen and oxygen atoms in total. The Morgan fingerprint density at radius 1 is 1.06 bits per heavy atom. The van der Waals surface area contributed by atoms with Crippen LogP contribution in [0.2, 0.25) is 0 Å². The highest BCUT2D eigenvalue weighted by molar-refractivity contribution is 7.12. The number of fused-ring (bicyclic) bond motifs is 1. The highest BCUT2D eigenvalue weighted by atomic mass is 32.1. The second kappa shape index (κ2) is 9.17. The van der Waals surface area contributed by atoms with Crippen LogP contribution in [0.5, 0.6) is 11.5 Å². The van der Waals surface area contributed by atoms with Gasteiger partial charge in [0, 0.05) is 18.0 Å². The Hall–Kier alpha value is -4.12. The van der Waals surface area contributed by atoms with Gasteiger partial charge in [-0.2, -0.15) is 5.10 Å². The first kappa shape index (κ1) is 22.1. The number of carbonyl (C=O) groups excluding carboxylic acids is 2. The molecule has 11 heteroatoms. The molecule has 33 heavy (non-hydrogen) atoms. The highest BCUT2D eigenvalue weighted by Crippen LogP contribution is 2.31. The molecule has 0 radical (unpaired) electrons. The van der Waals surface area contributed by atoms with Crippen LogP contribution in [0.3, 0.4) is 0 Å². The molecule has 0 aliphatic carbocycles. The van der Waals surface area contributed by atoms with Gasteiger partial charge in [0.1, 0.15) is 16.9 Å². The monoisotopic (exact) mass is 468 g/mol. The van der Waals surface area contributed by atoms with Gasteiger partial charge in [-0.05, 0) is 35.7 Å². The summed E-state index contributed by atoms with van der Waals surface area (Å²) in [5, 5.41) is 8.77. The van der Waals surface area contributed by atoms with Gasteiger partial charge in [0.05, 0.1) is 32.7 Å². The lowest BCUT2D eigenvalue weighted by atomic mass is 10.1. The van der Waals surface area contributed by atoms with E-state index in [1.165, 1.54) is 22.4 Å². The lowest BCUT2D eigenvalue weighted by Crippen LogP contribution is -2.28. The zero-order chi connectivity index (χ0) is 23.5. The van der Waals surface area contributed by atoms with Crippen LogP contribution in [0.1, 0.15) is 9.67 Å². The van der Waals surface area contributed by atoms with Crippen LogP contribution >= 0.6 is 11.3 Å². The molecular weight excluding hydrogens is 448 g/mol. The van der Waals surface area contributed by atoms with E-state index in [0.29, 0.717) is 28.4 Å². The number of amides is 1. The van der Waals surface area contributed by atoms with Crippen LogP contribution in [0.4, 0.5) is 5.69 Å². The van der Waals surface area contributed by atoms with E-state index in [1.807, 2.05) is 6.07 Å². The Morgan fingerprint density at radius 2 is 1.85 bits per heavy atom. The molecule has 0 aliphatic rings. The molecule has 0 unspecified atom stereocenters. The second-order valence-corrected chi connectivity index (χ2v) is 7.78. The Morgan fingerprint density at radius 3 is 2.58 bits per heavy atom. The predicted octanol–water partition coefficient (Wildman–Crippen LogP) is 2.67. The van der Waals surface area contributed by atoms with Crippen molar-refractivity contribution in [2.24, 2.45) is 0 Å². The minimum atomic E-state index is -0.541. The maximum atomic E-state index is 13.0. The number of ether oxygens (including phenoxy) is 3. The van der Waals surface area contributed by atoms with Crippen molar-refractivity contribution in [2.75, 3.05) is 26.6 Å². The molecule has 0 spiro atoms. The Labute approximate surface area is 191 Å². The molecule has 3 aromatic heterocycles. The second-order valence-electron chi connectivity index (χ2n) is 6.86. The number of carbonyl (C=O) groups is 2. The fourth-order valence-electron chi connectivity index (χ4n) is 3.29.